The molecule has 0 saturated heterocycles. The van der Waals surface area contributed by atoms with Crippen LogP contribution in [-0.2, 0) is 0 Å². The average Bonchev–Trinajstić information content (AvgIpc) is 2.47. The maximum Gasteiger partial charge on any atom is 0.133 e. The summed E-state index contributed by atoms with van der Waals surface area (Å²) < 4.78 is 13.8. The van der Waals surface area contributed by atoms with Gasteiger partial charge < -0.3 is 5.32 Å². The predicted molar refractivity (Wildman–Crippen MR) is 85.0 cm³/mol. The first kappa shape index (κ1) is 15.4. The largest absolute Gasteiger partial charge is 0.370 e. The molecular formula is C17H22FN3. The Labute approximate surface area is 125 Å². The van der Waals surface area contributed by atoms with Crippen LogP contribution < -0.4 is 5.32 Å². The van der Waals surface area contributed by atoms with E-state index in [1.54, 1.807) is 19.1 Å². The van der Waals surface area contributed by atoms with Gasteiger partial charge in [0.1, 0.15) is 18.0 Å². The van der Waals surface area contributed by atoms with Gasteiger partial charge in [-0.05, 0) is 30.9 Å². The highest BCUT2D eigenvalue weighted by atomic mass is 19.1. The Kier molecular flexibility index (Phi) is 4.89. The zero-order valence-corrected chi connectivity index (χ0v) is 13.1. The molecule has 1 heterocycles. The van der Waals surface area contributed by atoms with Crippen LogP contribution in [0.25, 0.3) is 11.3 Å². The van der Waals surface area contributed by atoms with Gasteiger partial charge in [0.05, 0.1) is 5.69 Å². The standard InChI is InChI=1S/C17H22FN3/c1-5-8-19-17-15(11(2)3)16(20-10-21-17)13-7-6-12(4)14(18)9-13/h6-7,9-11H,5,8H2,1-4H3,(H,19,20,21). The number of aryl methyl sites for hydroxylation is 1. The molecule has 0 saturated carbocycles. The van der Waals surface area contributed by atoms with Crippen LogP contribution in [0.15, 0.2) is 24.5 Å². The lowest BCUT2D eigenvalue weighted by molar-refractivity contribution is 0.619. The SMILES string of the molecule is CCCNc1ncnc(-c2ccc(C)c(F)c2)c1C(C)C. The molecule has 21 heavy (non-hydrogen) atoms. The number of hydrogen-bond donors (Lipinski definition) is 1. The molecule has 2 rings (SSSR count). The third-order valence-electron chi connectivity index (χ3n) is 3.45. The molecule has 0 amide bonds. The summed E-state index contributed by atoms with van der Waals surface area (Å²) in [7, 11) is 0. The van der Waals surface area contributed by atoms with Crippen molar-refractivity contribution in [2.24, 2.45) is 0 Å². The first-order valence-corrected chi connectivity index (χ1v) is 7.39. The van der Waals surface area contributed by atoms with Gasteiger partial charge in [-0.1, -0.05) is 32.9 Å². The highest BCUT2D eigenvalue weighted by molar-refractivity contribution is 5.69. The van der Waals surface area contributed by atoms with E-state index in [2.05, 4.69) is 36.1 Å². The van der Waals surface area contributed by atoms with Gasteiger partial charge in [0, 0.05) is 17.7 Å². The number of halogens is 1. The van der Waals surface area contributed by atoms with Crippen molar-refractivity contribution in [1.29, 1.82) is 0 Å². The number of nitrogens with zero attached hydrogens (tertiary/aromatic N) is 2. The van der Waals surface area contributed by atoms with Gasteiger partial charge in [-0.3, -0.25) is 0 Å². The average molecular weight is 287 g/mol. The normalized spacial score (nSPS) is 11.0. The van der Waals surface area contributed by atoms with E-state index in [4.69, 9.17) is 0 Å². The van der Waals surface area contributed by atoms with Gasteiger partial charge >= 0.3 is 0 Å². The van der Waals surface area contributed by atoms with Crippen molar-refractivity contribution in [3.63, 3.8) is 0 Å². The fourth-order valence-corrected chi connectivity index (χ4v) is 2.30. The van der Waals surface area contributed by atoms with Gasteiger partial charge in [0.15, 0.2) is 0 Å². The van der Waals surface area contributed by atoms with E-state index in [0.29, 0.717) is 5.56 Å². The molecule has 0 atom stereocenters. The quantitative estimate of drug-likeness (QED) is 0.877. The molecule has 112 valence electrons. The first-order chi connectivity index (χ1) is 10.0. The van der Waals surface area contributed by atoms with E-state index in [9.17, 15) is 4.39 Å². The van der Waals surface area contributed by atoms with Crippen molar-refractivity contribution < 1.29 is 4.39 Å². The van der Waals surface area contributed by atoms with Crippen molar-refractivity contribution in [3.8, 4) is 11.3 Å². The summed E-state index contributed by atoms with van der Waals surface area (Å²) in [5.41, 5.74) is 3.28. The third kappa shape index (κ3) is 3.38. The second kappa shape index (κ2) is 6.66. The van der Waals surface area contributed by atoms with Crippen LogP contribution in [-0.4, -0.2) is 16.5 Å². The molecule has 2 aromatic rings. The highest BCUT2D eigenvalue weighted by Crippen LogP contribution is 2.32. The Balaban J connectivity index is 2.54. The Morgan fingerprint density at radius 2 is 2.00 bits per heavy atom. The van der Waals surface area contributed by atoms with Crippen molar-refractivity contribution in [1.82, 2.24) is 9.97 Å². The van der Waals surface area contributed by atoms with Crippen LogP contribution in [0.5, 0.6) is 0 Å². The number of nitrogens with one attached hydrogen (secondary N) is 1. The molecule has 0 unspecified atom stereocenters. The minimum atomic E-state index is -0.205. The summed E-state index contributed by atoms with van der Waals surface area (Å²) in [6, 6.07) is 5.25. The van der Waals surface area contributed by atoms with E-state index in [1.807, 2.05) is 6.07 Å². The predicted octanol–water partition coefficient (Wildman–Crippen LogP) is 4.54. The Morgan fingerprint density at radius 1 is 1.24 bits per heavy atom. The molecule has 0 radical (unpaired) electrons. The third-order valence-corrected chi connectivity index (χ3v) is 3.45. The molecule has 3 nitrogen and oxygen atoms in total. The van der Waals surface area contributed by atoms with Crippen molar-refractivity contribution in [2.45, 2.75) is 40.0 Å². The maximum atomic E-state index is 13.8. The van der Waals surface area contributed by atoms with E-state index >= 15 is 0 Å². The number of benzene rings is 1. The maximum absolute atomic E-state index is 13.8. The zero-order chi connectivity index (χ0) is 15.4. The summed E-state index contributed by atoms with van der Waals surface area (Å²) in [6.45, 7) is 8.93. The van der Waals surface area contributed by atoms with Crippen molar-refractivity contribution >= 4 is 5.82 Å². The van der Waals surface area contributed by atoms with Crippen LogP contribution in [0.3, 0.4) is 0 Å². The van der Waals surface area contributed by atoms with Crippen LogP contribution >= 0.6 is 0 Å². The molecule has 1 aromatic carbocycles. The summed E-state index contributed by atoms with van der Waals surface area (Å²) >= 11 is 0. The Morgan fingerprint density at radius 3 is 2.62 bits per heavy atom. The Hall–Kier alpha value is -1.97. The van der Waals surface area contributed by atoms with Gasteiger partial charge in [-0.25, -0.2) is 14.4 Å². The zero-order valence-electron chi connectivity index (χ0n) is 13.1. The topological polar surface area (TPSA) is 37.8 Å². The van der Waals surface area contributed by atoms with Crippen molar-refractivity contribution in [2.75, 3.05) is 11.9 Å². The molecular weight excluding hydrogens is 265 g/mol. The fourth-order valence-electron chi connectivity index (χ4n) is 2.30. The van der Waals surface area contributed by atoms with E-state index in [0.717, 1.165) is 35.6 Å². The molecule has 0 aliphatic rings. The van der Waals surface area contributed by atoms with Crippen LogP contribution in [0.1, 0.15) is 44.2 Å². The van der Waals surface area contributed by atoms with Crippen LogP contribution in [0.4, 0.5) is 10.2 Å². The molecule has 1 aromatic heterocycles. The summed E-state index contributed by atoms with van der Waals surface area (Å²) in [5, 5.41) is 3.34. The molecule has 0 bridgehead atoms. The lowest BCUT2D eigenvalue weighted by Gasteiger charge is -2.17. The summed E-state index contributed by atoms with van der Waals surface area (Å²) in [6.07, 6.45) is 2.56. The smallest absolute Gasteiger partial charge is 0.133 e. The number of anilines is 1. The van der Waals surface area contributed by atoms with E-state index in [1.165, 1.54) is 6.33 Å². The van der Waals surface area contributed by atoms with Crippen LogP contribution in [0, 0.1) is 12.7 Å². The van der Waals surface area contributed by atoms with Gasteiger partial charge in [-0.2, -0.15) is 0 Å². The molecule has 0 aliphatic heterocycles. The number of hydrogen-bond acceptors (Lipinski definition) is 3. The Bertz CT molecular complexity index is 623. The number of aromatic nitrogens is 2. The lowest BCUT2D eigenvalue weighted by atomic mass is 9.96. The van der Waals surface area contributed by atoms with E-state index < -0.39 is 0 Å². The minimum Gasteiger partial charge on any atom is -0.370 e. The molecule has 0 aliphatic carbocycles. The first-order valence-electron chi connectivity index (χ1n) is 7.39. The molecule has 0 fully saturated rings. The summed E-state index contributed by atoms with van der Waals surface area (Å²) in [4.78, 5) is 8.74. The fraction of sp³-hybridized carbons (Fsp3) is 0.412. The molecule has 0 spiro atoms. The van der Waals surface area contributed by atoms with Gasteiger partial charge in [0.2, 0.25) is 0 Å². The monoisotopic (exact) mass is 287 g/mol. The molecule has 4 heteroatoms. The minimum absolute atomic E-state index is 0.205. The van der Waals surface area contributed by atoms with Gasteiger partial charge in [-0.15, -0.1) is 0 Å². The van der Waals surface area contributed by atoms with Crippen LogP contribution in [0.2, 0.25) is 0 Å². The van der Waals surface area contributed by atoms with Gasteiger partial charge in [0.25, 0.3) is 0 Å². The second-order valence-corrected chi connectivity index (χ2v) is 5.53. The van der Waals surface area contributed by atoms with E-state index in [-0.39, 0.29) is 11.7 Å². The molecule has 1 N–H and O–H groups in total. The second-order valence-electron chi connectivity index (χ2n) is 5.53. The highest BCUT2D eigenvalue weighted by Gasteiger charge is 2.16. The summed E-state index contributed by atoms with van der Waals surface area (Å²) in [5.74, 6) is 0.895. The number of rotatable bonds is 5. The lowest BCUT2D eigenvalue weighted by Crippen LogP contribution is -2.09. The van der Waals surface area contributed by atoms with Crippen molar-refractivity contribution in [3.05, 3.63) is 41.5 Å².